The predicted octanol–water partition coefficient (Wildman–Crippen LogP) is 3.77. The molecular weight excluding hydrogens is 430 g/mol. The smallest absolute Gasteiger partial charge is 0.319 e. The lowest BCUT2D eigenvalue weighted by Gasteiger charge is -2.34. The number of hydrogen-bond donors (Lipinski definition) is 2. The summed E-state index contributed by atoms with van der Waals surface area (Å²) in [5, 5.41) is 5.58. The highest BCUT2D eigenvalue weighted by atomic mass is 32.2. The molecule has 0 saturated carbocycles. The van der Waals surface area contributed by atoms with Gasteiger partial charge in [-0.25, -0.2) is 13.2 Å². The van der Waals surface area contributed by atoms with Crippen molar-refractivity contribution in [1.29, 1.82) is 0 Å². The zero-order valence-electron chi connectivity index (χ0n) is 18.8. The van der Waals surface area contributed by atoms with Crippen molar-refractivity contribution in [2.45, 2.75) is 43.5 Å². The second-order valence-electron chi connectivity index (χ2n) is 7.79. The summed E-state index contributed by atoms with van der Waals surface area (Å²) in [5.41, 5.74) is 1.51. The summed E-state index contributed by atoms with van der Waals surface area (Å²) < 4.78 is 38.5. The van der Waals surface area contributed by atoms with Crippen molar-refractivity contribution in [2.75, 3.05) is 32.6 Å². The maximum absolute atomic E-state index is 13.2. The highest BCUT2D eigenvalue weighted by molar-refractivity contribution is 7.89. The first-order valence-corrected chi connectivity index (χ1v) is 12.1. The lowest BCUT2D eigenvalue weighted by atomic mass is 10.0. The number of carbonyl (C=O) groups is 1. The van der Waals surface area contributed by atoms with E-state index in [2.05, 4.69) is 10.6 Å². The summed E-state index contributed by atoms with van der Waals surface area (Å²) in [6.45, 7) is 2.77. The molecule has 1 saturated heterocycles. The van der Waals surface area contributed by atoms with E-state index >= 15 is 0 Å². The quantitative estimate of drug-likeness (QED) is 0.624. The van der Waals surface area contributed by atoms with E-state index in [0.717, 1.165) is 24.8 Å². The summed E-state index contributed by atoms with van der Waals surface area (Å²) in [6.07, 6.45) is 3.12. The van der Waals surface area contributed by atoms with Crippen LogP contribution in [0.4, 0.5) is 10.5 Å². The standard InChI is InChI=1S/C23H31N3O5S/c1-17-10-12-19(13-11-17)32(28,29)26-16-5-4-7-18(26)14-15-24-23(27)25-20-8-6-9-21(30-2)22(20)31-3/h6,8-13,18H,4-5,7,14-16H2,1-3H3,(H2,24,25,27). The summed E-state index contributed by atoms with van der Waals surface area (Å²) in [5.74, 6) is 0.956. The fourth-order valence-electron chi connectivity index (χ4n) is 3.93. The van der Waals surface area contributed by atoms with Crippen molar-refractivity contribution in [3.63, 3.8) is 0 Å². The zero-order valence-corrected chi connectivity index (χ0v) is 19.6. The second-order valence-corrected chi connectivity index (χ2v) is 9.68. The van der Waals surface area contributed by atoms with Gasteiger partial charge in [0.2, 0.25) is 10.0 Å². The number of nitrogens with zero attached hydrogens (tertiary/aromatic N) is 1. The number of para-hydroxylation sites is 1. The maximum Gasteiger partial charge on any atom is 0.319 e. The molecule has 1 unspecified atom stereocenters. The van der Waals surface area contributed by atoms with Gasteiger partial charge in [-0.3, -0.25) is 0 Å². The Morgan fingerprint density at radius 2 is 1.84 bits per heavy atom. The van der Waals surface area contributed by atoms with Gasteiger partial charge < -0.3 is 20.1 Å². The second kappa shape index (κ2) is 10.7. The first kappa shape index (κ1) is 23.9. The number of aryl methyl sites for hydroxylation is 1. The molecule has 174 valence electrons. The van der Waals surface area contributed by atoms with Gasteiger partial charge in [-0.2, -0.15) is 4.31 Å². The fraction of sp³-hybridized carbons (Fsp3) is 0.435. The van der Waals surface area contributed by atoms with Gasteiger partial charge in [0.15, 0.2) is 11.5 Å². The predicted molar refractivity (Wildman–Crippen MR) is 124 cm³/mol. The third kappa shape index (κ3) is 5.52. The van der Waals surface area contributed by atoms with E-state index in [1.54, 1.807) is 34.6 Å². The number of nitrogens with one attached hydrogen (secondary N) is 2. The van der Waals surface area contributed by atoms with Crippen LogP contribution in [0.1, 0.15) is 31.2 Å². The van der Waals surface area contributed by atoms with E-state index < -0.39 is 10.0 Å². The summed E-state index contributed by atoms with van der Waals surface area (Å²) >= 11 is 0. The average molecular weight is 462 g/mol. The number of methoxy groups -OCH3 is 2. The molecule has 0 bridgehead atoms. The third-order valence-corrected chi connectivity index (χ3v) is 7.58. The third-order valence-electron chi connectivity index (χ3n) is 5.61. The summed E-state index contributed by atoms with van der Waals surface area (Å²) in [7, 11) is -0.532. The molecule has 3 rings (SSSR count). The van der Waals surface area contributed by atoms with E-state index in [4.69, 9.17) is 9.47 Å². The molecule has 2 aromatic carbocycles. The van der Waals surface area contributed by atoms with Crippen molar-refractivity contribution in [3.05, 3.63) is 48.0 Å². The highest BCUT2D eigenvalue weighted by Gasteiger charge is 2.33. The van der Waals surface area contributed by atoms with Gasteiger partial charge in [-0.05, 0) is 50.5 Å². The normalized spacial score (nSPS) is 16.9. The van der Waals surface area contributed by atoms with Crippen LogP contribution < -0.4 is 20.1 Å². The van der Waals surface area contributed by atoms with Gasteiger partial charge in [0.05, 0.1) is 24.8 Å². The Morgan fingerprint density at radius 3 is 2.53 bits per heavy atom. The van der Waals surface area contributed by atoms with Crippen LogP contribution in [0.25, 0.3) is 0 Å². The number of amides is 2. The largest absolute Gasteiger partial charge is 0.493 e. The first-order valence-electron chi connectivity index (χ1n) is 10.7. The number of ether oxygens (including phenoxy) is 2. The molecule has 2 N–H and O–H groups in total. The van der Waals surface area contributed by atoms with Crippen LogP contribution >= 0.6 is 0 Å². The van der Waals surface area contributed by atoms with Crippen molar-refractivity contribution < 1.29 is 22.7 Å². The van der Waals surface area contributed by atoms with Gasteiger partial charge in [0.25, 0.3) is 0 Å². The van der Waals surface area contributed by atoms with Crippen LogP contribution in [0.2, 0.25) is 0 Å². The fourth-order valence-corrected chi connectivity index (χ4v) is 5.65. The van der Waals surface area contributed by atoms with Crippen LogP contribution in [0, 0.1) is 6.92 Å². The monoisotopic (exact) mass is 461 g/mol. The number of sulfonamides is 1. The minimum Gasteiger partial charge on any atom is -0.493 e. The van der Waals surface area contributed by atoms with Crippen molar-refractivity contribution >= 4 is 21.7 Å². The van der Waals surface area contributed by atoms with E-state index in [9.17, 15) is 13.2 Å². The number of anilines is 1. The average Bonchev–Trinajstić information content (AvgIpc) is 2.79. The van der Waals surface area contributed by atoms with E-state index in [1.807, 2.05) is 19.1 Å². The number of carbonyl (C=O) groups excluding carboxylic acids is 1. The molecule has 2 amide bonds. The topological polar surface area (TPSA) is 97.0 Å². The Bertz CT molecular complexity index is 1020. The summed E-state index contributed by atoms with van der Waals surface area (Å²) in [4.78, 5) is 12.7. The molecule has 0 aliphatic carbocycles. The lowest BCUT2D eigenvalue weighted by molar-refractivity contribution is 0.234. The Labute approximate surface area is 190 Å². The molecule has 0 aromatic heterocycles. The number of rotatable bonds is 8. The minimum absolute atomic E-state index is 0.151. The Hall–Kier alpha value is -2.78. The Kier molecular flexibility index (Phi) is 7.98. The SMILES string of the molecule is COc1cccc(NC(=O)NCCC2CCCCN2S(=O)(=O)c2ccc(C)cc2)c1OC. The lowest BCUT2D eigenvalue weighted by Crippen LogP contribution is -2.45. The minimum atomic E-state index is -3.57. The Morgan fingerprint density at radius 1 is 1.09 bits per heavy atom. The number of urea groups is 1. The van der Waals surface area contributed by atoms with Gasteiger partial charge in [0.1, 0.15) is 0 Å². The molecule has 1 atom stereocenters. The highest BCUT2D eigenvalue weighted by Crippen LogP contribution is 2.34. The van der Waals surface area contributed by atoms with Crippen LogP contribution in [-0.2, 0) is 10.0 Å². The van der Waals surface area contributed by atoms with Crippen LogP contribution in [0.5, 0.6) is 11.5 Å². The van der Waals surface area contributed by atoms with E-state index in [-0.39, 0.29) is 12.1 Å². The maximum atomic E-state index is 13.2. The van der Waals surface area contributed by atoms with Gasteiger partial charge in [-0.1, -0.05) is 30.2 Å². The molecule has 0 spiro atoms. The Balaban J connectivity index is 1.61. The van der Waals surface area contributed by atoms with Crippen molar-refractivity contribution in [3.8, 4) is 11.5 Å². The number of piperidine rings is 1. The molecule has 9 heteroatoms. The molecular formula is C23H31N3O5S. The van der Waals surface area contributed by atoms with Crippen LogP contribution in [0.3, 0.4) is 0 Å². The molecule has 1 heterocycles. The molecule has 2 aromatic rings. The van der Waals surface area contributed by atoms with E-state index in [0.29, 0.717) is 41.6 Å². The molecule has 8 nitrogen and oxygen atoms in total. The van der Waals surface area contributed by atoms with Gasteiger partial charge in [0, 0.05) is 19.1 Å². The molecule has 1 aliphatic rings. The molecule has 0 radical (unpaired) electrons. The zero-order chi connectivity index (χ0) is 23.1. The van der Waals surface area contributed by atoms with E-state index in [1.165, 1.54) is 14.2 Å². The molecule has 32 heavy (non-hydrogen) atoms. The van der Waals surface area contributed by atoms with Crippen LogP contribution in [0.15, 0.2) is 47.4 Å². The van der Waals surface area contributed by atoms with Gasteiger partial charge >= 0.3 is 6.03 Å². The molecule has 1 aliphatic heterocycles. The molecule has 1 fully saturated rings. The van der Waals surface area contributed by atoms with Crippen LogP contribution in [-0.4, -0.2) is 52.1 Å². The number of hydrogen-bond acceptors (Lipinski definition) is 5. The van der Waals surface area contributed by atoms with Crippen molar-refractivity contribution in [2.24, 2.45) is 0 Å². The summed E-state index contributed by atoms with van der Waals surface area (Å²) in [6, 6.07) is 11.6. The van der Waals surface area contributed by atoms with Gasteiger partial charge in [-0.15, -0.1) is 0 Å². The first-order chi connectivity index (χ1) is 15.4. The van der Waals surface area contributed by atoms with Crippen molar-refractivity contribution in [1.82, 2.24) is 9.62 Å². The number of benzene rings is 2.